The lowest BCUT2D eigenvalue weighted by molar-refractivity contribution is -0.130. The molecular formula is C16H22N4O2. The first-order chi connectivity index (χ1) is 10.7. The van der Waals surface area contributed by atoms with Crippen LogP contribution in [-0.2, 0) is 22.4 Å². The number of amides is 2. The van der Waals surface area contributed by atoms with E-state index in [-0.39, 0.29) is 11.8 Å². The Morgan fingerprint density at radius 3 is 1.45 bits per heavy atom. The van der Waals surface area contributed by atoms with Gasteiger partial charge in [0.1, 0.15) is 0 Å². The SMILES string of the molecule is O=C(Cc1cnc(CC(=O)N2CCCC2)cn1)N1CCCC1. The second-order valence-corrected chi connectivity index (χ2v) is 6.03. The van der Waals surface area contributed by atoms with Crippen LogP contribution in [0.2, 0.25) is 0 Å². The van der Waals surface area contributed by atoms with E-state index in [1.807, 2.05) is 9.80 Å². The Hall–Kier alpha value is -1.98. The van der Waals surface area contributed by atoms with E-state index in [2.05, 4.69) is 9.97 Å². The van der Waals surface area contributed by atoms with Gasteiger partial charge in [-0.05, 0) is 25.7 Å². The largest absolute Gasteiger partial charge is 0.342 e. The Labute approximate surface area is 130 Å². The van der Waals surface area contributed by atoms with Crippen molar-refractivity contribution in [2.75, 3.05) is 26.2 Å². The van der Waals surface area contributed by atoms with Gasteiger partial charge in [-0.3, -0.25) is 19.6 Å². The molecule has 0 atom stereocenters. The molecule has 2 aliphatic rings. The Morgan fingerprint density at radius 2 is 1.14 bits per heavy atom. The van der Waals surface area contributed by atoms with E-state index in [9.17, 15) is 9.59 Å². The molecule has 6 heteroatoms. The molecule has 2 amide bonds. The van der Waals surface area contributed by atoms with Gasteiger partial charge in [0.15, 0.2) is 0 Å². The minimum absolute atomic E-state index is 0.118. The minimum Gasteiger partial charge on any atom is -0.342 e. The van der Waals surface area contributed by atoms with Gasteiger partial charge in [0.05, 0.1) is 24.2 Å². The van der Waals surface area contributed by atoms with Crippen molar-refractivity contribution in [3.8, 4) is 0 Å². The van der Waals surface area contributed by atoms with Gasteiger partial charge >= 0.3 is 0 Å². The number of rotatable bonds is 4. The predicted octanol–water partition coefficient (Wildman–Crippen LogP) is 0.806. The van der Waals surface area contributed by atoms with Crippen molar-refractivity contribution < 1.29 is 9.59 Å². The normalized spacial score (nSPS) is 18.0. The van der Waals surface area contributed by atoms with E-state index >= 15 is 0 Å². The molecule has 0 unspecified atom stereocenters. The fourth-order valence-corrected chi connectivity index (χ4v) is 3.03. The maximum absolute atomic E-state index is 12.0. The quantitative estimate of drug-likeness (QED) is 0.825. The third kappa shape index (κ3) is 3.61. The number of likely N-dealkylation sites (tertiary alicyclic amines) is 2. The van der Waals surface area contributed by atoms with E-state index in [1.54, 1.807) is 12.4 Å². The van der Waals surface area contributed by atoms with Gasteiger partial charge in [0.25, 0.3) is 0 Å². The zero-order valence-electron chi connectivity index (χ0n) is 12.8. The number of carbonyl (C=O) groups excluding carboxylic acids is 2. The van der Waals surface area contributed by atoms with E-state index in [1.165, 1.54) is 0 Å². The molecule has 0 aliphatic carbocycles. The molecule has 0 N–H and O–H groups in total. The molecule has 3 rings (SSSR count). The van der Waals surface area contributed by atoms with Crippen LogP contribution < -0.4 is 0 Å². The van der Waals surface area contributed by atoms with Crippen molar-refractivity contribution in [2.45, 2.75) is 38.5 Å². The third-order valence-corrected chi connectivity index (χ3v) is 4.34. The summed E-state index contributed by atoms with van der Waals surface area (Å²) >= 11 is 0. The first-order valence-electron chi connectivity index (χ1n) is 8.08. The number of hydrogen-bond acceptors (Lipinski definition) is 4. The van der Waals surface area contributed by atoms with Gasteiger partial charge in [-0.15, -0.1) is 0 Å². The summed E-state index contributed by atoms with van der Waals surface area (Å²) in [5, 5.41) is 0. The van der Waals surface area contributed by atoms with E-state index in [4.69, 9.17) is 0 Å². The van der Waals surface area contributed by atoms with Gasteiger partial charge in [0.2, 0.25) is 11.8 Å². The molecule has 0 aromatic carbocycles. The maximum atomic E-state index is 12.0. The van der Waals surface area contributed by atoms with Crippen LogP contribution in [0.15, 0.2) is 12.4 Å². The number of carbonyl (C=O) groups is 2. The summed E-state index contributed by atoms with van der Waals surface area (Å²) in [6.45, 7) is 3.42. The average molecular weight is 302 g/mol. The second kappa shape index (κ2) is 6.85. The highest BCUT2D eigenvalue weighted by Gasteiger charge is 2.20. The van der Waals surface area contributed by atoms with Crippen molar-refractivity contribution >= 4 is 11.8 Å². The predicted molar refractivity (Wildman–Crippen MR) is 81.1 cm³/mol. The Morgan fingerprint density at radius 1 is 0.773 bits per heavy atom. The van der Waals surface area contributed by atoms with Gasteiger partial charge in [-0.25, -0.2) is 0 Å². The molecule has 2 aliphatic heterocycles. The molecule has 0 saturated carbocycles. The van der Waals surface area contributed by atoms with Crippen LogP contribution in [0.5, 0.6) is 0 Å². The van der Waals surface area contributed by atoms with Crippen LogP contribution in [0.25, 0.3) is 0 Å². The average Bonchev–Trinajstić information content (AvgIpc) is 3.23. The fraction of sp³-hybridized carbons (Fsp3) is 0.625. The summed E-state index contributed by atoms with van der Waals surface area (Å²) in [6, 6.07) is 0. The van der Waals surface area contributed by atoms with Crippen LogP contribution >= 0.6 is 0 Å². The molecule has 2 saturated heterocycles. The highest BCUT2D eigenvalue weighted by atomic mass is 16.2. The lowest BCUT2D eigenvalue weighted by atomic mass is 10.2. The van der Waals surface area contributed by atoms with Crippen LogP contribution in [0.1, 0.15) is 37.1 Å². The zero-order chi connectivity index (χ0) is 15.4. The molecule has 0 spiro atoms. The lowest BCUT2D eigenvalue weighted by Gasteiger charge is -2.15. The molecule has 22 heavy (non-hydrogen) atoms. The van der Waals surface area contributed by atoms with E-state index in [0.29, 0.717) is 24.2 Å². The molecule has 2 fully saturated rings. The van der Waals surface area contributed by atoms with Crippen molar-refractivity contribution in [2.24, 2.45) is 0 Å². The van der Waals surface area contributed by atoms with Crippen molar-refractivity contribution in [1.82, 2.24) is 19.8 Å². The highest BCUT2D eigenvalue weighted by molar-refractivity contribution is 5.79. The number of nitrogens with zero attached hydrogens (tertiary/aromatic N) is 4. The molecule has 0 bridgehead atoms. The van der Waals surface area contributed by atoms with Crippen LogP contribution in [-0.4, -0.2) is 57.8 Å². The number of hydrogen-bond donors (Lipinski definition) is 0. The molecular weight excluding hydrogens is 280 g/mol. The van der Waals surface area contributed by atoms with Crippen molar-refractivity contribution in [3.05, 3.63) is 23.8 Å². The lowest BCUT2D eigenvalue weighted by Crippen LogP contribution is -2.30. The van der Waals surface area contributed by atoms with Crippen molar-refractivity contribution in [3.63, 3.8) is 0 Å². The van der Waals surface area contributed by atoms with E-state index < -0.39 is 0 Å². The maximum Gasteiger partial charge on any atom is 0.228 e. The Bertz CT molecular complexity index is 483. The number of aromatic nitrogens is 2. The van der Waals surface area contributed by atoms with Gasteiger partial charge in [-0.2, -0.15) is 0 Å². The zero-order valence-corrected chi connectivity index (χ0v) is 12.8. The van der Waals surface area contributed by atoms with Gasteiger partial charge in [0, 0.05) is 38.6 Å². The summed E-state index contributed by atoms with van der Waals surface area (Å²) in [7, 11) is 0. The molecule has 118 valence electrons. The van der Waals surface area contributed by atoms with Gasteiger partial charge in [-0.1, -0.05) is 0 Å². The van der Waals surface area contributed by atoms with Crippen LogP contribution in [0, 0.1) is 0 Å². The van der Waals surface area contributed by atoms with Gasteiger partial charge < -0.3 is 9.80 Å². The minimum atomic E-state index is 0.118. The summed E-state index contributed by atoms with van der Waals surface area (Å²) in [5.41, 5.74) is 1.35. The highest BCUT2D eigenvalue weighted by Crippen LogP contribution is 2.11. The molecule has 1 aromatic heterocycles. The topological polar surface area (TPSA) is 66.4 Å². The van der Waals surface area contributed by atoms with Crippen LogP contribution in [0.4, 0.5) is 0 Å². The summed E-state index contributed by atoms with van der Waals surface area (Å²) in [5.74, 6) is 0.236. The standard InChI is InChI=1S/C16H22N4O2/c21-15(19-5-1-2-6-19)9-13-11-18-14(12-17-13)10-16(22)20-7-3-4-8-20/h11-12H,1-10H2. The second-order valence-electron chi connectivity index (χ2n) is 6.03. The van der Waals surface area contributed by atoms with E-state index in [0.717, 1.165) is 51.9 Å². The molecule has 1 aromatic rings. The summed E-state index contributed by atoms with van der Waals surface area (Å²) in [6.07, 6.45) is 8.22. The van der Waals surface area contributed by atoms with Crippen LogP contribution in [0.3, 0.4) is 0 Å². The molecule has 6 nitrogen and oxygen atoms in total. The Balaban J connectivity index is 1.53. The summed E-state index contributed by atoms with van der Waals surface area (Å²) < 4.78 is 0. The Kier molecular flexibility index (Phi) is 4.65. The monoisotopic (exact) mass is 302 g/mol. The third-order valence-electron chi connectivity index (χ3n) is 4.34. The smallest absolute Gasteiger partial charge is 0.228 e. The summed E-state index contributed by atoms with van der Waals surface area (Å²) in [4.78, 5) is 36.4. The van der Waals surface area contributed by atoms with Crippen molar-refractivity contribution in [1.29, 1.82) is 0 Å². The first-order valence-corrected chi connectivity index (χ1v) is 8.08. The first kappa shape index (κ1) is 14.9. The fourth-order valence-electron chi connectivity index (χ4n) is 3.03. The molecule has 0 radical (unpaired) electrons. The molecule has 3 heterocycles.